The van der Waals surface area contributed by atoms with Crippen molar-refractivity contribution in [1.29, 1.82) is 0 Å². The molecule has 2 fully saturated rings. The van der Waals surface area contributed by atoms with E-state index in [1.807, 2.05) is 6.07 Å². The smallest absolute Gasteiger partial charge is 0.152 e. The molecule has 3 heteroatoms. The maximum absolute atomic E-state index is 11.8. The van der Waals surface area contributed by atoms with Crippen LogP contribution in [0.4, 0.5) is 0 Å². The van der Waals surface area contributed by atoms with Gasteiger partial charge < -0.3 is 5.32 Å². The van der Waals surface area contributed by atoms with Gasteiger partial charge in [-0.25, -0.2) is 0 Å². The Hall–Kier alpha value is -1.19. The van der Waals surface area contributed by atoms with Gasteiger partial charge in [-0.3, -0.25) is 9.69 Å². The number of hydrogen-bond donors (Lipinski definition) is 1. The molecule has 2 atom stereocenters. The van der Waals surface area contributed by atoms with Gasteiger partial charge in [0, 0.05) is 31.6 Å². The summed E-state index contributed by atoms with van der Waals surface area (Å²) in [5, 5.41) is 3.31. The third-order valence-electron chi connectivity index (χ3n) is 3.65. The predicted octanol–water partition coefficient (Wildman–Crippen LogP) is 0.659. The number of rotatable bonds is 2. The third-order valence-corrected chi connectivity index (χ3v) is 3.65. The van der Waals surface area contributed by atoms with E-state index in [1.165, 1.54) is 5.56 Å². The molecule has 0 amide bonds. The number of Topliss-reactive ketones (excluding diaryl/α,β-unsaturated/α-hetero) is 1. The van der Waals surface area contributed by atoms with Gasteiger partial charge in [-0.05, 0) is 5.56 Å². The van der Waals surface area contributed by atoms with E-state index in [-0.39, 0.29) is 5.92 Å². The lowest BCUT2D eigenvalue weighted by Crippen LogP contribution is -2.33. The molecule has 0 aliphatic carbocycles. The fraction of sp³-hybridized carbons (Fsp3) is 0.462. The van der Waals surface area contributed by atoms with E-state index in [0.717, 1.165) is 19.6 Å². The van der Waals surface area contributed by atoms with Crippen molar-refractivity contribution in [3.8, 4) is 0 Å². The number of nitrogens with one attached hydrogen (secondary N) is 1. The Morgan fingerprint density at radius 1 is 1.25 bits per heavy atom. The number of nitrogens with zero attached hydrogens (tertiary/aromatic N) is 1. The Balaban J connectivity index is 1.74. The highest BCUT2D eigenvalue weighted by molar-refractivity contribution is 5.86. The number of benzene rings is 1. The third kappa shape index (κ3) is 1.66. The molecule has 1 aromatic rings. The molecule has 1 N–H and O–H groups in total. The van der Waals surface area contributed by atoms with E-state index in [0.29, 0.717) is 18.4 Å². The van der Waals surface area contributed by atoms with Crippen LogP contribution < -0.4 is 5.32 Å². The van der Waals surface area contributed by atoms with Gasteiger partial charge in [-0.1, -0.05) is 30.3 Å². The van der Waals surface area contributed by atoms with Crippen molar-refractivity contribution in [3.05, 3.63) is 35.9 Å². The van der Waals surface area contributed by atoms with Crippen LogP contribution in [0, 0.1) is 5.92 Å². The average Bonchev–Trinajstić information content (AvgIpc) is 2.87. The molecule has 3 rings (SSSR count). The fourth-order valence-electron chi connectivity index (χ4n) is 2.80. The number of fused-ring (bicyclic) bond motifs is 1. The second-order valence-electron chi connectivity index (χ2n) is 4.69. The molecule has 3 nitrogen and oxygen atoms in total. The van der Waals surface area contributed by atoms with Crippen molar-refractivity contribution in [2.45, 2.75) is 12.6 Å². The van der Waals surface area contributed by atoms with Gasteiger partial charge in [0.1, 0.15) is 0 Å². The molecule has 2 aliphatic rings. The molecular formula is C13H16N2O. The van der Waals surface area contributed by atoms with E-state index in [9.17, 15) is 4.79 Å². The van der Waals surface area contributed by atoms with Gasteiger partial charge in [0.25, 0.3) is 0 Å². The van der Waals surface area contributed by atoms with Crippen molar-refractivity contribution >= 4 is 5.78 Å². The zero-order chi connectivity index (χ0) is 11.0. The molecule has 2 aliphatic heterocycles. The van der Waals surface area contributed by atoms with E-state index in [1.54, 1.807) is 0 Å². The number of ketones is 1. The van der Waals surface area contributed by atoms with Crippen LogP contribution in [-0.2, 0) is 11.3 Å². The monoisotopic (exact) mass is 216 g/mol. The fourth-order valence-corrected chi connectivity index (χ4v) is 2.80. The molecule has 0 radical (unpaired) electrons. The van der Waals surface area contributed by atoms with Crippen molar-refractivity contribution in [1.82, 2.24) is 10.2 Å². The molecule has 2 unspecified atom stereocenters. The summed E-state index contributed by atoms with van der Waals surface area (Å²) in [6.45, 7) is 3.36. The minimum absolute atomic E-state index is 0.240. The summed E-state index contributed by atoms with van der Waals surface area (Å²) in [6, 6.07) is 10.8. The molecule has 1 aromatic carbocycles. The van der Waals surface area contributed by atoms with E-state index >= 15 is 0 Å². The summed E-state index contributed by atoms with van der Waals surface area (Å²) < 4.78 is 0. The lowest BCUT2D eigenvalue weighted by molar-refractivity contribution is -0.119. The van der Waals surface area contributed by atoms with Crippen molar-refractivity contribution in [2.24, 2.45) is 5.92 Å². The lowest BCUT2D eigenvalue weighted by atomic mass is 10.0. The summed E-state index contributed by atoms with van der Waals surface area (Å²) in [5.41, 5.74) is 1.29. The number of carbonyl (C=O) groups is 1. The summed E-state index contributed by atoms with van der Waals surface area (Å²) in [6.07, 6.45) is 0. The van der Waals surface area contributed by atoms with Crippen LogP contribution in [0.25, 0.3) is 0 Å². The van der Waals surface area contributed by atoms with E-state index in [4.69, 9.17) is 0 Å². The average molecular weight is 216 g/mol. The minimum atomic E-state index is 0.240. The van der Waals surface area contributed by atoms with Crippen LogP contribution >= 0.6 is 0 Å². The number of hydrogen-bond acceptors (Lipinski definition) is 3. The van der Waals surface area contributed by atoms with E-state index in [2.05, 4.69) is 34.5 Å². The normalized spacial score (nSPS) is 29.6. The van der Waals surface area contributed by atoms with Crippen LogP contribution in [0.1, 0.15) is 5.56 Å². The Morgan fingerprint density at radius 2 is 2.06 bits per heavy atom. The highest BCUT2D eigenvalue weighted by Crippen LogP contribution is 2.25. The zero-order valence-electron chi connectivity index (χ0n) is 9.23. The molecule has 2 heterocycles. The molecule has 84 valence electrons. The van der Waals surface area contributed by atoms with Crippen LogP contribution in [0.15, 0.2) is 30.3 Å². The van der Waals surface area contributed by atoms with Crippen LogP contribution in [0.3, 0.4) is 0 Å². The van der Waals surface area contributed by atoms with Gasteiger partial charge in [0.15, 0.2) is 5.78 Å². The molecule has 0 saturated carbocycles. The van der Waals surface area contributed by atoms with Crippen LogP contribution in [-0.4, -0.2) is 36.4 Å². The molecule has 0 aromatic heterocycles. The SMILES string of the molecule is O=C1CN(Cc2ccccc2)C2CNCC12. The van der Waals surface area contributed by atoms with Gasteiger partial charge in [-0.15, -0.1) is 0 Å². The summed E-state index contributed by atoms with van der Waals surface area (Å²) in [7, 11) is 0. The summed E-state index contributed by atoms with van der Waals surface area (Å²) >= 11 is 0. The maximum Gasteiger partial charge on any atom is 0.152 e. The van der Waals surface area contributed by atoms with Crippen molar-refractivity contribution in [2.75, 3.05) is 19.6 Å². The molecular weight excluding hydrogens is 200 g/mol. The number of likely N-dealkylation sites (tertiary alicyclic amines) is 1. The van der Waals surface area contributed by atoms with Crippen molar-refractivity contribution in [3.63, 3.8) is 0 Å². The maximum atomic E-state index is 11.8. The molecule has 2 saturated heterocycles. The largest absolute Gasteiger partial charge is 0.314 e. The summed E-state index contributed by atoms with van der Waals surface area (Å²) in [4.78, 5) is 14.1. The molecule has 16 heavy (non-hydrogen) atoms. The standard InChI is InChI=1S/C13H16N2O/c16-13-9-15(12-7-14-6-11(12)13)8-10-4-2-1-3-5-10/h1-5,11-12,14H,6-9H2. The van der Waals surface area contributed by atoms with Gasteiger partial charge in [0.05, 0.1) is 6.54 Å². The Bertz CT molecular complexity index is 390. The molecule has 0 bridgehead atoms. The zero-order valence-corrected chi connectivity index (χ0v) is 9.23. The highest BCUT2D eigenvalue weighted by Gasteiger charge is 2.43. The second kappa shape index (κ2) is 4.00. The second-order valence-corrected chi connectivity index (χ2v) is 4.69. The van der Waals surface area contributed by atoms with Gasteiger partial charge >= 0.3 is 0 Å². The first-order valence-electron chi connectivity index (χ1n) is 5.86. The predicted molar refractivity (Wildman–Crippen MR) is 62.0 cm³/mol. The topological polar surface area (TPSA) is 32.3 Å². The Kier molecular flexibility index (Phi) is 2.50. The van der Waals surface area contributed by atoms with Crippen LogP contribution in [0.5, 0.6) is 0 Å². The first-order valence-corrected chi connectivity index (χ1v) is 5.86. The first-order chi connectivity index (χ1) is 7.84. The highest BCUT2D eigenvalue weighted by atomic mass is 16.1. The minimum Gasteiger partial charge on any atom is -0.314 e. The van der Waals surface area contributed by atoms with Gasteiger partial charge in [-0.2, -0.15) is 0 Å². The Morgan fingerprint density at radius 3 is 2.88 bits per heavy atom. The van der Waals surface area contributed by atoms with Crippen molar-refractivity contribution < 1.29 is 4.79 Å². The van der Waals surface area contributed by atoms with E-state index < -0.39 is 0 Å². The lowest BCUT2D eigenvalue weighted by Gasteiger charge is -2.21. The summed E-state index contributed by atoms with van der Waals surface area (Å²) in [5.74, 6) is 0.648. The quantitative estimate of drug-likeness (QED) is 0.788. The Labute approximate surface area is 95.4 Å². The van der Waals surface area contributed by atoms with Gasteiger partial charge in [0.2, 0.25) is 0 Å². The number of carbonyl (C=O) groups excluding carboxylic acids is 1. The van der Waals surface area contributed by atoms with Crippen LogP contribution in [0.2, 0.25) is 0 Å². The first kappa shape index (κ1) is 10.00. The molecule has 0 spiro atoms.